The largest absolute Gasteiger partial charge is 0.465 e. The number of nitrogens with one attached hydrogen (secondary N) is 1. The summed E-state index contributed by atoms with van der Waals surface area (Å²) in [7, 11) is 1.50. The van der Waals surface area contributed by atoms with Crippen LogP contribution >= 0.6 is 0 Å². The summed E-state index contributed by atoms with van der Waals surface area (Å²) in [6.07, 6.45) is 3.22. The number of carbonyl (C=O) groups is 4. The normalized spacial score (nSPS) is 19.7. The highest BCUT2D eigenvalue weighted by molar-refractivity contribution is 5.91. The van der Waals surface area contributed by atoms with E-state index >= 15 is 0 Å². The van der Waals surface area contributed by atoms with Crippen molar-refractivity contribution in [3.63, 3.8) is 0 Å². The first kappa shape index (κ1) is 25.7. The Labute approximate surface area is 190 Å². The van der Waals surface area contributed by atoms with Crippen LogP contribution in [0.15, 0.2) is 0 Å². The summed E-state index contributed by atoms with van der Waals surface area (Å²) in [5.74, 6) is -0.564. The van der Waals surface area contributed by atoms with Crippen molar-refractivity contribution in [2.24, 2.45) is 5.92 Å². The van der Waals surface area contributed by atoms with Crippen LogP contribution in [-0.4, -0.2) is 94.7 Å². The summed E-state index contributed by atoms with van der Waals surface area (Å²) in [5, 5.41) is 12.1. The van der Waals surface area contributed by atoms with Crippen LogP contribution < -0.4 is 5.32 Å². The van der Waals surface area contributed by atoms with Gasteiger partial charge in [-0.3, -0.25) is 14.5 Å². The molecule has 10 nitrogen and oxygen atoms in total. The molecule has 32 heavy (non-hydrogen) atoms. The maximum Gasteiger partial charge on any atom is 0.410 e. The van der Waals surface area contributed by atoms with E-state index in [9.17, 15) is 19.2 Å². The van der Waals surface area contributed by atoms with Gasteiger partial charge in [-0.15, -0.1) is 0 Å². The number of nitrogens with zero attached hydrogens (tertiary/aromatic N) is 3. The lowest BCUT2D eigenvalue weighted by Crippen LogP contribution is -2.59. The Bertz CT molecular complexity index is 693. The molecular formula is C22H38N4O6. The molecule has 1 heterocycles. The molecule has 2 atom stereocenters. The third-order valence-electron chi connectivity index (χ3n) is 6.19. The maximum atomic E-state index is 13.4. The van der Waals surface area contributed by atoms with Crippen molar-refractivity contribution in [1.29, 1.82) is 0 Å². The Morgan fingerprint density at radius 3 is 2.03 bits per heavy atom. The fraction of sp³-hybridized carbons (Fsp3) is 0.818. The van der Waals surface area contributed by atoms with Gasteiger partial charge in [0.2, 0.25) is 11.8 Å². The summed E-state index contributed by atoms with van der Waals surface area (Å²) < 4.78 is 5.34. The van der Waals surface area contributed by atoms with E-state index in [1.165, 1.54) is 16.8 Å². The minimum atomic E-state index is -0.992. The van der Waals surface area contributed by atoms with Crippen LogP contribution in [0.25, 0.3) is 0 Å². The monoisotopic (exact) mass is 454 g/mol. The van der Waals surface area contributed by atoms with Crippen molar-refractivity contribution in [2.75, 3.05) is 33.2 Å². The van der Waals surface area contributed by atoms with E-state index in [1.807, 2.05) is 0 Å². The van der Waals surface area contributed by atoms with Crippen molar-refractivity contribution in [1.82, 2.24) is 20.0 Å². The van der Waals surface area contributed by atoms with E-state index in [4.69, 9.17) is 9.84 Å². The lowest BCUT2D eigenvalue weighted by molar-refractivity contribution is -0.140. The van der Waals surface area contributed by atoms with Crippen LogP contribution in [0.1, 0.15) is 59.8 Å². The smallest absolute Gasteiger partial charge is 0.410 e. The molecule has 0 spiro atoms. The molecule has 1 saturated carbocycles. The van der Waals surface area contributed by atoms with Crippen LogP contribution in [0.3, 0.4) is 0 Å². The van der Waals surface area contributed by atoms with Crippen LogP contribution in [0.5, 0.6) is 0 Å². The molecule has 0 radical (unpaired) electrons. The molecule has 10 heteroatoms. The van der Waals surface area contributed by atoms with E-state index < -0.39 is 35.8 Å². The molecule has 2 N–H and O–H groups in total. The van der Waals surface area contributed by atoms with E-state index in [-0.39, 0.29) is 24.9 Å². The van der Waals surface area contributed by atoms with E-state index in [0.29, 0.717) is 13.1 Å². The molecule has 0 aromatic carbocycles. The number of carbonyl (C=O) groups excluding carboxylic acids is 3. The molecule has 2 rings (SSSR count). The Kier molecular flexibility index (Phi) is 8.74. The van der Waals surface area contributed by atoms with Crippen LogP contribution in [0, 0.1) is 5.92 Å². The predicted molar refractivity (Wildman–Crippen MR) is 118 cm³/mol. The lowest BCUT2D eigenvalue weighted by atomic mass is 9.83. The van der Waals surface area contributed by atoms with Crippen LogP contribution in [0.2, 0.25) is 0 Å². The van der Waals surface area contributed by atoms with Crippen molar-refractivity contribution in [3.8, 4) is 0 Å². The average molecular weight is 455 g/mol. The number of likely N-dealkylation sites (N-methyl/N-ethyl adjacent to an activating group) is 1. The Morgan fingerprint density at radius 1 is 1.00 bits per heavy atom. The number of piperazine rings is 1. The molecular weight excluding hydrogens is 416 g/mol. The Balaban J connectivity index is 2.08. The minimum Gasteiger partial charge on any atom is -0.465 e. The number of ether oxygens (including phenoxy) is 1. The highest BCUT2D eigenvalue weighted by atomic mass is 16.6. The minimum absolute atomic E-state index is 0.0248. The molecule has 2 unspecified atom stereocenters. The van der Waals surface area contributed by atoms with Crippen LogP contribution in [-0.2, 0) is 14.3 Å². The molecule has 0 aromatic rings. The Morgan fingerprint density at radius 2 is 1.53 bits per heavy atom. The quantitative estimate of drug-likeness (QED) is 0.657. The number of amides is 4. The van der Waals surface area contributed by atoms with Gasteiger partial charge in [0.1, 0.15) is 17.7 Å². The average Bonchev–Trinajstić information content (AvgIpc) is 2.75. The number of carboxylic acid groups (broad SMARTS) is 1. The molecule has 1 saturated heterocycles. The van der Waals surface area contributed by atoms with Crippen molar-refractivity contribution < 1.29 is 29.0 Å². The highest BCUT2D eigenvalue weighted by Gasteiger charge is 2.37. The Hall–Kier alpha value is -2.52. The summed E-state index contributed by atoms with van der Waals surface area (Å²) in [5.41, 5.74) is -0.680. The number of hydrogen-bond acceptors (Lipinski definition) is 5. The first-order chi connectivity index (χ1) is 14.9. The molecule has 0 bridgehead atoms. The molecule has 1 aliphatic heterocycles. The molecule has 0 aromatic heterocycles. The van der Waals surface area contributed by atoms with Crippen molar-refractivity contribution in [3.05, 3.63) is 0 Å². The van der Waals surface area contributed by atoms with Gasteiger partial charge in [-0.25, -0.2) is 9.59 Å². The van der Waals surface area contributed by atoms with Crippen molar-refractivity contribution in [2.45, 2.75) is 77.5 Å². The fourth-order valence-electron chi connectivity index (χ4n) is 4.11. The van der Waals surface area contributed by atoms with E-state index in [1.54, 1.807) is 32.6 Å². The molecule has 4 amide bonds. The van der Waals surface area contributed by atoms with Gasteiger partial charge in [0, 0.05) is 33.2 Å². The van der Waals surface area contributed by atoms with Gasteiger partial charge in [0.15, 0.2) is 0 Å². The first-order valence-electron chi connectivity index (χ1n) is 11.4. The SMILES string of the molecule is CC(C(=O)NC(C(=O)N1CCN(C(=O)O)CC1)C1CCCCC1)N(C)C(=O)OC(C)(C)C. The highest BCUT2D eigenvalue weighted by Crippen LogP contribution is 2.28. The lowest BCUT2D eigenvalue weighted by Gasteiger charge is -2.38. The van der Waals surface area contributed by atoms with E-state index in [2.05, 4.69) is 5.32 Å². The molecule has 2 aliphatic rings. The molecule has 2 fully saturated rings. The summed E-state index contributed by atoms with van der Waals surface area (Å²) in [6, 6.07) is -1.50. The van der Waals surface area contributed by atoms with Gasteiger partial charge >= 0.3 is 12.2 Å². The molecule has 182 valence electrons. The molecule has 1 aliphatic carbocycles. The van der Waals surface area contributed by atoms with Gasteiger partial charge < -0.3 is 25.0 Å². The first-order valence-corrected chi connectivity index (χ1v) is 11.4. The van der Waals surface area contributed by atoms with Gasteiger partial charge in [0.25, 0.3) is 0 Å². The van der Waals surface area contributed by atoms with Gasteiger partial charge in [-0.2, -0.15) is 0 Å². The summed E-state index contributed by atoms with van der Waals surface area (Å²) in [6.45, 7) is 7.99. The van der Waals surface area contributed by atoms with Crippen molar-refractivity contribution >= 4 is 24.0 Å². The third-order valence-corrected chi connectivity index (χ3v) is 6.19. The maximum absolute atomic E-state index is 13.4. The predicted octanol–water partition coefficient (Wildman–Crippen LogP) is 2.13. The fourth-order valence-corrected chi connectivity index (χ4v) is 4.11. The second-order valence-electron chi connectivity index (χ2n) is 9.75. The zero-order chi connectivity index (χ0) is 24.1. The van der Waals surface area contributed by atoms with Gasteiger partial charge in [-0.05, 0) is 46.5 Å². The topological polar surface area (TPSA) is 119 Å². The van der Waals surface area contributed by atoms with Gasteiger partial charge in [0.05, 0.1) is 0 Å². The third kappa shape index (κ3) is 7.00. The van der Waals surface area contributed by atoms with Gasteiger partial charge in [-0.1, -0.05) is 19.3 Å². The summed E-state index contributed by atoms with van der Waals surface area (Å²) in [4.78, 5) is 54.1. The standard InChI is InChI=1S/C22H38N4O6/c1-15(24(5)21(31)32-22(2,3)4)18(27)23-17(16-9-7-6-8-10-16)19(28)25-11-13-26(14-12-25)20(29)30/h15-17H,6-14H2,1-5H3,(H,23,27)(H,29,30). The second-order valence-corrected chi connectivity index (χ2v) is 9.75. The van der Waals surface area contributed by atoms with E-state index in [0.717, 1.165) is 32.1 Å². The zero-order valence-electron chi connectivity index (χ0n) is 19.9. The second kappa shape index (κ2) is 10.9. The zero-order valence-corrected chi connectivity index (χ0v) is 19.9. The summed E-state index contributed by atoms with van der Waals surface area (Å²) >= 11 is 0. The number of rotatable bonds is 5. The van der Waals surface area contributed by atoms with Crippen LogP contribution in [0.4, 0.5) is 9.59 Å². The number of hydrogen-bond donors (Lipinski definition) is 2.